The highest BCUT2D eigenvalue weighted by molar-refractivity contribution is 9.10. The van der Waals surface area contributed by atoms with Crippen molar-refractivity contribution in [3.05, 3.63) is 10.3 Å². The maximum atomic E-state index is 10.7. The third-order valence-electron chi connectivity index (χ3n) is 4.11. The lowest BCUT2D eigenvalue weighted by molar-refractivity contribution is -0.133. The predicted molar refractivity (Wildman–Crippen MR) is 71.0 cm³/mol. The van der Waals surface area contributed by atoms with Gasteiger partial charge in [-0.15, -0.1) is 5.10 Å². The fourth-order valence-electron chi connectivity index (χ4n) is 2.72. The van der Waals surface area contributed by atoms with Gasteiger partial charge in [0.05, 0.1) is 5.60 Å². The largest absolute Gasteiger partial charge is 0.384 e. The summed E-state index contributed by atoms with van der Waals surface area (Å²) in [4.78, 5) is 0. The molecule has 1 aliphatic carbocycles. The number of aliphatic hydroxyl groups excluding tert-OH is 1. The van der Waals surface area contributed by atoms with Crippen molar-refractivity contribution in [2.45, 2.75) is 44.3 Å². The van der Waals surface area contributed by atoms with Crippen LogP contribution in [0.5, 0.6) is 0 Å². The molecular weight excluding hydrogens is 298 g/mol. The first-order valence-corrected chi connectivity index (χ1v) is 7.08. The number of methoxy groups -OCH3 is 1. The summed E-state index contributed by atoms with van der Waals surface area (Å²) in [5.41, 5.74) is 0.177. The zero-order chi connectivity index (χ0) is 13.3. The Hall–Kier alpha value is -0.460. The number of halogens is 1. The SMILES string of the molecule is COC1(C(O)c2c(Br)nnn2C)CCC(C)CC1. The molecule has 1 fully saturated rings. The third kappa shape index (κ3) is 2.33. The summed E-state index contributed by atoms with van der Waals surface area (Å²) < 4.78 is 7.88. The summed E-state index contributed by atoms with van der Waals surface area (Å²) in [5, 5.41) is 18.5. The van der Waals surface area contributed by atoms with E-state index in [0.29, 0.717) is 16.2 Å². The van der Waals surface area contributed by atoms with E-state index in [1.165, 1.54) is 0 Å². The van der Waals surface area contributed by atoms with Crippen molar-refractivity contribution in [3.8, 4) is 0 Å². The molecule has 1 aromatic heterocycles. The van der Waals surface area contributed by atoms with Crippen molar-refractivity contribution in [3.63, 3.8) is 0 Å². The quantitative estimate of drug-likeness (QED) is 0.928. The lowest BCUT2D eigenvalue weighted by atomic mass is 9.75. The second kappa shape index (κ2) is 5.27. The van der Waals surface area contributed by atoms with Crippen LogP contribution >= 0.6 is 15.9 Å². The lowest BCUT2D eigenvalue weighted by Gasteiger charge is -2.41. The van der Waals surface area contributed by atoms with Gasteiger partial charge < -0.3 is 9.84 Å². The van der Waals surface area contributed by atoms with Gasteiger partial charge in [-0.3, -0.25) is 0 Å². The monoisotopic (exact) mass is 317 g/mol. The number of nitrogens with zero attached hydrogens (tertiary/aromatic N) is 3. The molecule has 6 heteroatoms. The Kier molecular flexibility index (Phi) is 4.08. The molecule has 0 saturated heterocycles. The lowest BCUT2D eigenvalue weighted by Crippen LogP contribution is -2.42. The zero-order valence-electron chi connectivity index (χ0n) is 11.1. The van der Waals surface area contributed by atoms with Crippen molar-refractivity contribution < 1.29 is 9.84 Å². The molecule has 102 valence electrons. The van der Waals surface area contributed by atoms with Gasteiger partial charge >= 0.3 is 0 Å². The van der Waals surface area contributed by atoms with Crippen molar-refractivity contribution >= 4 is 15.9 Å². The highest BCUT2D eigenvalue weighted by atomic mass is 79.9. The van der Waals surface area contributed by atoms with Crippen molar-refractivity contribution in [1.82, 2.24) is 15.0 Å². The molecule has 1 N–H and O–H groups in total. The van der Waals surface area contributed by atoms with Crippen LogP contribution < -0.4 is 0 Å². The number of aliphatic hydroxyl groups is 1. The van der Waals surface area contributed by atoms with E-state index >= 15 is 0 Å². The molecule has 1 unspecified atom stereocenters. The molecule has 0 aromatic carbocycles. The topological polar surface area (TPSA) is 60.2 Å². The number of rotatable bonds is 3. The van der Waals surface area contributed by atoms with Crippen molar-refractivity contribution in [2.24, 2.45) is 13.0 Å². The predicted octanol–water partition coefficient (Wildman–Crippen LogP) is 2.21. The van der Waals surface area contributed by atoms with E-state index in [1.807, 2.05) is 0 Å². The van der Waals surface area contributed by atoms with Gasteiger partial charge in [0.2, 0.25) is 0 Å². The van der Waals surface area contributed by atoms with E-state index in [9.17, 15) is 5.11 Å². The summed E-state index contributed by atoms with van der Waals surface area (Å²) in [5.74, 6) is 0.702. The van der Waals surface area contributed by atoms with Gasteiger partial charge in [0.1, 0.15) is 11.8 Å². The van der Waals surface area contributed by atoms with Crippen LogP contribution in [0, 0.1) is 5.92 Å². The molecule has 1 atom stereocenters. The third-order valence-corrected chi connectivity index (χ3v) is 4.68. The van der Waals surface area contributed by atoms with Gasteiger partial charge in [-0.1, -0.05) is 12.1 Å². The maximum absolute atomic E-state index is 10.7. The molecule has 0 spiro atoms. The van der Waals surface area contributed by atoms with Crippen molar-refractivity contribution in [2.75, 3.05) is 7.11 Å². The Labute approximate surface area is 116 Å². The van der Waals surface area contributed by atoms with E-state index in [-0.39, 0.29) is 0 Å². The molecule has 1 saturated carbocycles. The summed E-state index contributed by atoms with van der Waals surface area (Å²) >= 11 is 3.34. The van der Waals surface area contributed by atoms with E-state index in [2.05, 4.69) is 33.2 Å². The Morgan fingerprint density at radius 2 is 2.11 bits per heavy atom. The smallest absolute Gasteiger partial charge is 0.154 e. The second-order valence-corrected chi connectivity index (χ2v) is 5.99. The highest BCUT2D eigenvalue weighted by Gasteiger charge is 2.43. The highest BCUT2D eigenvalue weighted by Crippen LogP contribution is 2.43. The fraction of sp³-hybridized carbons (Fsp3) is 0.833. The Balaban J connectivity index is 2.28. The number of hydrogen-bond donors (Lipinski definition) is 1. The summed E-state index contributed by atoms with van der Waals surface area (Å²) in [6.45, 7) is 2.24. The van der Waals surface area contributed by atoms with Gasteiger partial charge in [-0.2, -0.15) is 0 Å². The Morgan fingerprint density at radius 1 is 1.50 bits per heavy atom. The molecule has 0 bridgehead atoms. The van der Waals surface area contributed by atoms with Crippen LogP contribution in [-0.4, -0.2) is 32.8 Å². The summed E-state index contributed by atoms with van der Waals surface area (Å²) in [7, 11) is 3.46. The Morgan fingerprint density at radius 3 is 2.56 bits per heavy atom. The molecule has 1 heterocycles. The second-order valence-electron chi connectivity index (χ2n) is 5.24. The average molecular weight is 318 g/mol. The molecular formula is C12H20BrN3O2. The molecule has 1 aromatic rings. The number of aryl methyl sites for hydroxylation is 1. The van der Waals surface area contributed by atoms with Gasteiger partial charge in [0.25, 0.3) is 0 Å². The fourth-order valence-corrected chi connectivity index (χ4v) is 3.26. The standard InChI is InChI=1S/C12H20BrN3O2/c1-8-4-6-12(18-3,7-5-8)10(17)9-11(13)14-15-16(9)2/h8,10,17H,4-7H2,1-3H3. The number of ether oxygens (including phenoxy) is 1. The van der Waals surface area contributed by atoms with Crippen LogP contribution in [0.2, 0.25) is 0 Å². The van der Waals surface area contributed by atoms with E-state index in [1.54, 1.807) is 18.8 Å². The normalized spacial score (nSPS) is 30.4. The summed E-state index contributed by atoms with van der Waals surface area (Å²) in [6.07, 6.45) is 3.18. The minimum atomic E-state index is -0.704. The van der Waals surface area contributed by atoms with Gasteiger partial charge in [-0.05, 0) is 47.5 Å². The van der Waals surface area contributed by atoms with Crippen LogP contribution in [0.4, 0.5) is 0 Å². The molecule has 18 heavy (non-hydrogen) atoms. The van der Waals surface area contributed by atoms with Crippen LogP contribution in [0.1, 0.15) is 44.4 Å². The van der Waals surface area contributed by atoms with E-state index in [0.717, 1.165) is 25.7 Å². The van der Waals surface area contributed by atoms with E-state index in [4.69, 9.17) is 4.74 Å². The molecule has 0 amide bonds. The minimum absolute atomic E-state index is 0.509. The van der Waals surface area contributed by atoms with Crippen LogP contribution in [0.15, 0.2) is 4.60 Å². The maximum Gasteiger partial charge on any atom is 0.154 e. The summed E-state index contributed by atoms with van der Waals surface area (Å²) in [6, 6.07) is 0. The Bertz CT molecular complexity index is 394. The van der Waals surface area contributed by atoms with Gasteiger partial charge in [-0.25, -0.2) is 4.68 Å². The molecule has 1 aliphatic rings. The van der Waals surface area contributed by atoms with Crippen LogP contribution in [-0.2, 0) is 11.8 Å². The molecule has 5 nitrogen and oxygen atoms in total. The zero-order valence-corrected chi connectivity index (χ0v) is 12.6. The van der Waals surface area contributed by atoms with Crippen LogP contribution in [0.25, 0.3) is 0 Å². The molecule has 0 aliphatic heterocycles. The number of hydrogen-bond acceptors (Lipinski definition) is 4. The first kappa shape index (κ1) is 14.0. The van der Waals surface area contributed by atoms with E-state index < -0.39 is 11.7 Å². The molecule has 2 rings (SSSR count). The minimum Gasteiger partial charge on any atom is -0.384 e. The first-order valence-electron chi connectivity index (χ1n) is 6.28. The van der Waals surface area contributed by atoms with Crippen LogP contribution in [0.3, 0.4) is 0 Å². The molecule has 0 radical (unpaired) electrons. The average Bonchev–Trinajstić information content (AvgIpc) is 2.70. The first-order chi connectivity index (χ1) is 8.50. The van der Waals surface area contributed by atoms with Gasteiger partial charge in [0.15, 0.2) is 4.60 Å². The van der Waals surface area contributed by atoms with Gasteiger partial charge in [0, 0.05) is 14.2 Å². The number of aromatic nitrogens is 3. The van der Waals surface area contributed by atoms with Crippen molar-refractivity contribution in [1.29, 1.82) is 0 Å².